The average molecular weight is 363 g/mol. The highest BCUT2D eigenvalue weighted by Crippen LogP contribution is 2.25. The fourth-order valence-electron chi connectivity index (χ4n) is 3.49. The fourth-order valence-corrected chi connectivity index (χ4v) is 3.49. The molecule has 0 saturated carbocycles. The van der Waals surface area contributed by atoms with E-state index in [1.165, 1.54) is 0 Å². The number of carbonyl (C=O) groups excluding carboxylic acids is 2. The Morgan fingerprint density at radius 2 is 1.63 bits per heavy atom. The van der Waals surface area contributed by atoms with Gasteiger partial charge in [-0.25, -0.2) is 0 Å². The highest BCUT2D eigenvalue weighted by atomic mass is 16.5. The molecule has 2 aromatic carbocycles. The Morgan fingerprint density at radius 3 is 2.22 bits per heavy atom. The van der Waals surface area contributed by atoms with Crippen LogP contribution in [0.15, 0.2) is 73.3 Å². The number of piperidine rings is 1. The lowest BCUT2D eigenvalue weighted by Gasteiger charge is -2.34. The van der Waals surface area contributed by atoms with E-state index in [1.807, 2.05) is 65.6 Å². The van der Waals surface area contributed by atoms with E-state index in [9.17, 15) is 9.59 Å². The molecule has 0 radical (unpaired) electrons. The third-order valence-electron chi connectivity index (χ3n) is 5.00. The van der Waals surface area contributed by atoms with Crippen LogP contribution in [0, 0.1) is 5.92 Å². The predicted octanol–water partition coefficient (Wildman–Crippen LogP) is 3.88. The molecule has 0 aliphatic carbocycles. The first-order chi connectivity index (χ1) is 13.2. The van der Waals surface area contributed by atoms with Crippen LogP contribution in [-0.4, -0.2) is 36.0 Å². The van der Waals surface area contributed by atoms with Crippen molar-refractivity contribution in [3.05, 3.63) is 84.4 Å². The first-order valence-corrected chi connectivity index (χ1v) is 9.37. The summed E-state index contributed by atoms with van der Waals surface area (Å²) in [7, 11) is 0. The number of hydrogen-bond acceptors (Lipinski definition) is 3. The summed E-state index contributed by atoms with van der Waals surface area (Å²) in [6.45, 7) is 5.17. The quantitative estimate of drug-likeness (QED) is 0.578. The van der Waals surface area contributed by atoms with E-state index in [0.29, 0.717) is 18.7 Å². The Bertz CT molecular complexity index is 765. The molecule has 1 atom stereocenters. The van der Waals surface area contributed by atoms with E-state index >= 15 is 0 Å². The summed E-state index contributed by atoms with van der Waals surface area (Å²) in [6.07, 6.45) is 3.26. The molecule has 140 valence electrons. The van der Waals surface area contributed by atoms with Gasteiger partial charge in [0.15, 0.2) is 0 Å². The zero-order chi connectivity index (χ0) is 19.1. The second-order valence-corrected chi connectivity index (χ2v) is 6.85. The topological polar surface area (TPSA) is 46.6 Å². The molecule has 1 aliphatic rings. The second-order valence-electron chi connectivity index (χ2n) is 6.85. The minimum atomic E-state index is -0.310. The monoisotopic (exact) mass is 363 g/mol. The van der Waals surface area contributed by atoms with E-state index in [4.69, 9.17) is 4.74 Å². The van der Waals surface area contributed by atoms with Gasteiger partial charge in [-0.15, -0.1) is 0 Å². The smallest absolute Gasteiger partial charge is 0.310 e. The van der Waals surface area contributed by atoms with Crippen molar-refractivity contribution in [2.75, 3.05) is 13.1 Å². The van der Waals surface area contributed by atoms with Crippen molar-refractivity contribution < 1.29 is 14.3 Å². The van der Waals surface area contributed by atoms with E-state index in [0.717, 1.165) is 18.4 Å². The van der Waals surface area contributed by atoms with Crippen molar-refractivity contribution in [3.8, 4) is 0 Å². The number of rotatable bonds is 6. The van der Waals surface area contributed by atoms with Crippen LogP contribution in [0.3, 0.4) is 0 Å². The Kier molecular flexibility index (Phi) is 6.42. The fraction of sp³-hybridized carbons (Fsp3) is 0.304. The largest absolute Gasteiger partial charge is 0.458 e. The van der Waals surface area contributed by atoms with Crippen LogP contribution in [0.25, 0.3) is 0 Å². The summed E-state index contributed by atoms with van der Waals surface area (Å²) in [5.41, 5.74) is 1.65. The molecule has 1 saturated heterocycles. The summed E-state index contributed by atoms with van der Waals surface area (Å²) in [4.78, 5) is 26.7. The highest BCUT2D eigenvalue weighted by molar-refractivity contribution is 5.94. The Balaban J connectivity index is 1.52. The number of esters is 1. The van der Waals surface area contributed by atoms with Gasteiger partial charge in [0.25, 0.3) is 5.91 Å². The maximum Gasteiger partial charge on any atom is 0.310 e. The van der Waals surface area contributed by atoms with Crippen molar-refractivity contribution in [2.24, 2.45) is 5.92 Å². The molecular weight excluding hydrogens is 338 g/mol. The van der Waals surface area contributed by atoms with Crippen molar-refractivity contribution in [1.82, 2.24) is 4.90 Å². The van der Waals surface area contributed by atoms with Gasteiger partial charge in [-0.05, 0) is 30.5 Å². The number of benzene rings is 2. The highest BCUT2D eigenvalue weighted by Gasteiger charge is 2.29. The van der Waals surface area contributed by atoms with Crippen LogP contribution in [0.1, 0.15) is 28.8 Å². The molecule has 0 spiro atoms. The zero-order valence-electron chi connectivity index (χ0n) is 15.4. The number of carbonyl (C=O) groups is 2. The van der Waals surface area contributed by atoms with Crippen LogP contribution in [0.2, 0.25) is 0 Å². The van der Waals surface area contributed by atoms with E-state index in [-0.39, 0.29) is 30.3 Å². The molecule has 0 aromatic heterocycles. The normalized spacial score (nSPS) is 15.8. The van der Waals surface area contributed by atoms with Crippen molar-refractivity contribution in [2.45, 2.75) is 25.4 Å². The number of amides is 1. The van der Waals surface area contributed by atoms with Gasteiger partial charge in [-0.2, -0.15) is 0 Å². The standard InChI is InChI=1S/C23H25NO3/c1-2-21(27-22(25)17-18-9-5-3-6-10-18)19-13-15-24(16-14-19)23(26)20-11-7-4-8-12-20/h2-12,19,21H,1,13-17H2. The lowest BCUT2D eigenvalue weighted by molar-refractivity contribution is -0.149. The summed E-state index contributed by atoms with van der Waals surface area (Å²) < 4.78 is 5.66. The van der Waals surface area contributed by atoms with Crippen LogP contribution < -0.4 is 0 Å². The molecule has 1 amide bonds. The number of likely N-dealkylation sites (tertiary alicyclic amines) is 1. The zero-order valence-corrected chi connectivity index (χ0v) is 15.4. The van der Waals surface area contributed by atoms with Crippen LogP contribution in [-0.2, 0) is 16.0 Å². The minimum Gasteiger partial charge on any atom is -0.458 e. The molecule has 4 heteroatoms. The molecule has 27 heavy (non-hydrogen) atoms. The molecule has 1 unspecified atom stereocenters. The van der Waals surface area contributed by atoms with Crippen molar-refractivity contribution in [1.29, 1.82) is 0 Å². The van der Waals surface area contributed by atoms with Gasteiger partial charge in [0, 0.05) is 24.6 Å². The first-order valence-electron chi connectivity index (χ1n) is 9.37. The van der Waals surface area contributed by atoms with E-state index < -0.39 is 0 Å². The number of nitrogens with zero attached hydrogens (tertiary/aromatic N) is 1. The molecule has 1 fully saturated rings. The van der Waals surface area contributed by atoms with Gasteiger partial charge in [0.1, 0.15) is 6.10 Å². The summed E-state index contributed by atoms with van der Waals surface area (Å²) >= 11 is 0. The molecule has 3 rings (SSSR count). The average Bonchev–Trinajstić information content (AvgIpc) is 2.73. The lowest BCUT2D eigenvalue weighted by Crippen LogP contribution is -2.41. The molecule has 0 bridgehead atoms. The van der Waals surface area contributed by atoms with Crippen molar-refractivity contribution in [3.63, 3.8) is 0 Å². The Labute approximate surface area is 160 Å². The van der Waals surface area contributed by atoms with Gasteiger partial charge < -0.3 is 9.64 Å². The molecule has 0 N–H and O–H groups in total. The third-order valence-corrected chi connectivity index (χ3v) is 5.00. The lowest BCUT2D eigenvalue weighted by atomic mass is 9.90. The molecular formula is C23H25NO3. The van der Waals surface area contributed by atoms with Gasteiger partial charge in [-0.3, -0.25) is 9.59 Å². The van der Waals surface area contributed by atoms with Crippen LogP contribution in [0.4, 0.5) is 0 Å². The second kappa shape index (κ2) is 9.17. The molecule has 1 heterocycles. The van der Waals surface area contributed by atoms with E-state index in [1.54, 1.807) is 6.08 Å². The first kappa shape index (κ1) is 18.9. The Morgan fingerprint density at radius 1 is 1.04 bits per heavy atom. The van der Waals surface area contributed by atoms with Crippen molar-refractivity contribution >= 4 is 11.9 Å². The van der Waals surface area contributed by atoms with Crippen LogP contribution in [0.5, 0.6) is 0 Å². The maximum atomic E-state index is 12.5. The van der Waals surface area contributed by atoms with Gasteiger partial charge >= 0.3 is 5.97 Å². The summed E-state index contributed by atoms with van der Waals surface area (Å²) in [6, 6.07) is 18.9. The number of hydrogen-bond donors (Lipinski definition) is 0. The summed E-state index contributed by atoms with van der Waals surface area (Å²) in [5.74, 6) is 0.0150. The summed E-state index contributed by atoms with van der Waals surface area (Å²) in [5, 5.41) is 0. The predicted molar refractivity (Wildman–Crippen MR) is 105 cm³/mol. The van der Waals surface area contributed by atoms with Crippen LogP contribution >= 0.6 is 0 Å². The van der Waals surface area contributed by atoms with E-state index in [2.05, 4.69) is 6.58 Å². The minimum absolute atomic E-state index is 0.0604. The third kappa shape index (κ3) is 5.07. The maximum absolute atomic E-state index is 12.5. The van der Waals surface area contributed by atoms with Gasteiger partial charge in [-0.1, -0.05) is 61.2 Å². The Hall–Kier alpha value is -2.88. The van der Waals surface area contributed by atoms with Gasteiger partial charge in [0.2, 0.25) is 0 Å². The number of ether oxygens (including phenoxy) is 1. The SMILES string of the molecule is C=CC(OC(=O)Cc1ccccc1)C1CCN(C(=O)c2ccccc2)CC1. The molecule has 1 aliphatic heterocycles. The van der Waals surface area contributed by atoms with Gasteiger partial charge in [0.05, 0.1) is 6.42 Å². The molecule has 2 aromatic rings. The molecule has 4 nitrogen and oxygen atoms in total.